The molecule has 0 fully saturated rings. The molecule has 5 heteroatoms. The summed E-state index contributed by atoms with van der Waals surface area (Å²) in [5, 5.41) is 13.1. The van der Waals surface area contributed by atoms with Crippen molar-refractivity contribution in [1.29, 1.82) is 0 Å². The van der Waals surface area contributed by atoms with Crippen LogP contribution in [0.5, 0.6) is 0 Å². The second-order valence-corrected chi connectivity index (χ2v) is 5.89. The van der Waals surface area contributed by atoms with Gasteiger partial charge in [-0.3, -0.25) is 4.79 Å². The zero-order valence-corrected chi connectivity index (χ0v) is 12.3. The lowest BCUT2D eigenvalue weighted by Gasteiger charge is -2.25. The van der Waals surface area contributed by atoms with Gasteiger partial charge in [0.15, 0.2) is 0 Å². The Bertz CT molecular complexity index is 439. The van der Waals surface area contributed by atoms with Crippen LogP contribution in [0.3, 0.4) is 0 Å². The summed E-state index contributed by atoms with van der Waals surface area (Å²) in [6, 6.07) is 4.91. The second-order valence-electron chi connectivity index (χ2n) is 5.48. The van der Waals surface area contributed by atoms with Gasteiger partial charge in [0, 0.05) is 12.2 Å². The van der Waals surface area contributed by atoms with Crippen LogP contribution in [0.15, 0.2) is 18.2 Å². The van der Waals surface area contributed by atoms with E-state index in [4.69, 9.17) is 17.3 Å². The second kappa shape index (κ2) is 6.26. The van der Waals surface area contributed by atoms with E-state index in [1.165, 1.54) is 0 Å². The van der Waals surface area contributed by atoms with Crippen LogP contribution in [0.25, 0.3) is 0 Å². The summed E-state index contributed by atoms with van der Waals surface area (Å²) in [6.45, 7) is 5.89. The number of nitrogen functional groups attached to an aromatic ring is 1. The standard InChI is InChI=1S/C14H21ClN2O2/c1-9(2)7-14(3,19)8-17-13(18)12-10(15)5-4-6-11(12)16/h4-6,9,19H,7-8,16H2,1-3H3,(H,17,18). The smallest absolute Gasteiger partial charge is 0.254 e. The number of rotatable bonds is 5. The third-order valence-electron chi connectivity index (χ3n) is 2.75. The van der Waals surface area contributed by atoms with Gasteiger partial charge in [-0.25, -0.2) is 0 Å². The zero-order valence-electron chi connectivity index (χ0n) is 11.5. The van der Waals surface area contributed by atoms with Crippen molar-refractivity contribution in [2.45, 2.75) is 32.8 Å². The van der Waals surface area contributed by atoms with Gasteiger partial charge < -0.3 is 16.2 Å². The lowest BCUT2D eigenvalue weighted by Crippen LogP contribution is -2.41. The van der Waals surface area contributed by atoms with E-state index in [-0.39, 0.29) is 18.0 Å². The van der Waals surface area contributed by atoms with Gasteiger partial charge in [-0.1, -0.05) is 31.5 Å². The maximum Gasteiger partial charge on any atom is 0.254 e. The molecule has 0 aliphatic heterocycles. The highest BCUT2D eigenvalue weighted by Gasteiger charge is 2.23. The van der Waals surface area contributed by atoms with E-state index < -0.39 is 5.60 Å². The molecule has 0 aliphatic carbocycles. The predicted octanol–water partition coefficient (Wildman–Crippen LogP) is 2.45. The van der Waals surface area contributed by atoms with Crippen molar-refractivity contribution < 1.29 is 9.90 Å². The number of nitrogens with one attached hydrogen (secondary N) is 1. The minimum absolute atomic E-state index is 0.161. The maximum atomic E-state index is 12.0. The third kappa shape index (κ3) is 4.73. The molecule has 106 valence electrons. The third-order valence-corrected chi connectivity index (χ3v) is 3.07. The average molecular weight is 285 g/mol. The maximum absolute atomic E-state index is 12.0. The summed E-state index contributed by atoms with van der Waals surface area (Å²) >= 11 is 5.96. The molecular formula is C14H21ClN2O2. The molecule has 1 aromatic carbocycles. The molecule has 0 spiro atoms. The van der Waals surface area contributed by atoms with Crippen LogP contribution < -0.4 is 11.1 Å². The van der Waals surface area contributed by atoms with Crippen molar-refractivity contribution in [1.82, 2.24) is 5.32 Å². The summed E-state index contributed by atoms with van der Waals surface area (Å²) in [5.41, 5.74) is 5.37. The van der Waals surface area contributed by atoms with Crippen LogP contribution in [0.2, 0.25) is 5.02 Å². The Kier molecular flexibility index (Phi) is 5.20. The van der Waals surface area contributed by atoms with Crippen molar-refractivity contribution in [3.05, 3.63) is 28.8 Å². The lowest BCUT2D eigenvalue weighted by atomic mass is 9.94. The number of carbonyl (C=O) groups excluding carboxylic acids is 1. The van der Waals surface area contributed by atoms with E-state index in [0.29, 0.717) is 23.0 Å². The fourth-order valence-corrected chi connectivity index (χ4v) is 2.36. The van der Waals surface area contributed by atoms with Crippen molar-refractivity contribution in [2.75, 3.05) is 12.3 Å². The molecule has 0 aromatic heterocycles. The van der Waals surface area contributed by atoms with Gasteiger partial charge >= 0.3 is 0 Å². The van der Waals surface area contributed by atoms with Crippen LogP contribution in [0.4, 0.5) is 5.69 Å². The Morgan fingerprint density at radius 2 is 2.16 bits per heavy atom. The van der Waals surface area contributed by atoms with Gasteiger partial charge in [0.2, 0.25) is 0 Å². The molecule has 4 nitrogen and oxygen atoms in total. The number of carbonyl (C=O) groups is 1. The van der Waals surface area contributed by atoms with Crippen LogP contribution in [-0.2, 0) is 0 Å². The normalized spacial score (nSPS) is 14.2. The van der Waals surface area contributed by atoms with Gasteiger partial charge in [0.1, 0.15) is 0 Å². The Morgan fingerprint density at radius 3 is 2.68 bits per heavy atom. The van der Waals surface area contributed by atoms with Crippen LogP contribution in [0.1, 0.15) is 37.6 Å². The first kappa shape index (κ1) is 15.8. The predicted molar refractivity (Wildman–Crippen MR) is 78.3 cm³/mol. The topological polar surface area (TPSA) is 75.3 Å². The lowest BCUT2D eigenvalue weighted by molar-refractivity contribution is 0.0368. The molecule has 0 saturated heterocycles. The van der Waals surface area contributed by atoms with E-state index in [9.17, 15) is 9.90 Å². The van der Waals surface area contributed by atoms with E-state index in [1.54, 1.807) is 25.1 Å². The number of halogens is 1. The number of aliphatic hydroxyl groups is 1. The van der Waals surface area contributed by atoms with E-state index >= 15 is 0 Å². The fraction of sp³-hybridized carbons (Fsp3) is 0.500. The first-order valence-corrected chi connectivity index (χ1v) is 6.65. The molecule has 0 heterocycles. The minimum atomic E-state index is -0.945. The summed E-state index contributed by atoms with van der Waals surface area (Å²) < 4.78 is 0. The number of anilines is 1. The van der Waals surface area contributed by atoms with Crippen molar-refractivity contribution in [3.63, 3.8) is 0 Å². The molecule has 0 bridgehead atoms. The Morgan fingerprint density at radius 1 is 1.53 bits per heavy atom. The van der Waals surface area contributed by atoms with Gasteiger partial charge in [0.05, 0.1) is 16.2 Å². The monoisotopic (exact) mass is 284 g/mol. The molecule has 1 amide bonds. The molecule has 1 rings (SSSR count). The quantitative estimate of drug-likeness (QED) is 0.727. The highest BCUT2D eigenvalue weighted by Crippen LogP contribution is 2.22. The summed E-state index contributed by atoms with van der Waals surface area (Å²) in [6.07, 6.45) is 0.602. The molecule has 0 saturated carbocycles. The Balaban J connectivity index is 2.71. The summed E-state index contributed by atoms with van der Waals surface area (Å²) in [5.74, 6) is -0.0237. The number of hydrogen-bond acceptors (Lipinski definition) is 3. The van der Waals surface area contributed by atoms with Crippen molar-refractivity contribution in [3.8, 4) is 0 Å². The number of amides is 1. The zero-order chi connectivity index (χ0) is 14.6. The van der Waals surface area contributed by atoms with E-state index in [1.807, 2.05) is 13.8 Å². The largest absolute Gasteiger partial charge is 0.398 e. The van der Waals surface area contributed by atoms with Gasteiger partial charge in [-0.2, -0.15) is 0 Å². The molecule has 1 aromatic rings. The van der Waals surface area contributed by atoms with Crippen molar-refractivity contribution >= 4 is 23.2 Å². The van der Waals surface area contributed by atoms with E-state index in [0.717, 1.165) is 0 Å². The highest BCUT2D eigenvalue weighted by molar-refractivity contribution is 6.34. The number of benzene rings is 1. The molecule has 1 atom stereocenters. The van der Waals surface area contributed by atoms with Crippen LogP contribution >= 0.6 is 11.6 Å². The van der Waals surface area contributed by atoms with Crippen LogP contribution in [-0.4, -0.2) is 23.2 Å². The number of hydrogen-bond donors (Lipinski definition) is 3. The molecule has 19 heavy (non-hydrogen) atoms. The molecule has 4 N–H and O–H groups in total. The SMILES string of the molecule is CC(C)CC(C)(O)CNC(=O)c1c(N)cccc1Cl. The highest BCUT2D eigenvalue weighted by atomic mass is 35.5. The Labute approximate surface area is 118 Å². The number of nitrogens with two attached hydrogens (primary N) is 1. The minimum Gasteiger partial charge on any atom is -0.398 e. The first-order chi connectivity index (χ1) is 8.73. The van der Waals surface area contributed by atoms with Gasteiger partial charge in [-0.05, 0) is 31.4 Å². The van der Waals surface area contributed by atoms with Crippen LogP contribution in [0, 0.1) is 5.92 Å². The molecular weight excluding hydrogens is 264 g/mol. The van der Waals surface area contributed by atoms with Crippen molar-refractivity contribution in [2.24, 2.45) is 5.92 Å². The summed E-state index contributed by atoms with van der Waals surface area (Å²) in [7, 11) is 0. The molecule has 0 aliphatic rings. The first-order valence-electron chi connectivity index (χ1n) is 6.27. The molecule has 0 radical (unpaired) electrons. The Hall–Kier alpha value is -1.26. The van der Waals surface area contributed by atoms with E-state index in [2.05, 4.69) is 5.32 Å². The average Bonchev–Trinajstić information content (AvgIpc) is 2.24. The fourth-order valence-electron chi connectivity index (χ4n) is 2.09. The molecule has 1 unspecified atom stereocenters. The van der Waals surface area contributed by atoms with Gasteiger partial charge in [0.25, 0.3) is 5.91 Å². The van der Waals surface area contributed by atoms with Gasteiger partial charge in [-0.15, -0.1) is 0 Å². The summed E-state index contributed by atoms with van der Waals surface area (Å²) in [4.78, 5) is 12.0.